The van der Waals surface area contributed by atoms with E-state index in [4.69, 9.17) is 11.6 Å². The molecule has 5 aromatic carbocycles. The van der Waals surface area contributed by atoms with Crippen molar-refractivity contribution in [1.82, 2.24) is 0 Å². The summed E-state index contributed by atoms with van der Waals surface area (Å²) in [7, 11) is -9.28. The third-order valence-electron chi connectivity index (χ3n) is 6.11. The lowest BCUT2D eigenvalue weighted by Crippen LogP contribution is -2.37. The van der Waals surface area contributed by atoms with Crippen LogP contribution in [0.5, 0.6) is 0 Å². The fraction of sp³-hybridized carbons (Fsp3) is 0.0345. The van der Waals surface area contributed by atoms with Gasteiger partial charge in [0.25, 0.3) is 20.0 Å². The van der Waals surface area contributed by atoms with Crippen LogP contribution in [-0.4, -0.2) is 16.8 Å². The molecule has 0 saturated carbocycles. The largest absolute Gasteiger partial charge is 0.278 e. The average molecular weight is 548 g/mol. The molecule has 5 rings (SSSR count). The van der Waals surface area contributed by atoms with Crippen LogP contribution >= 0.6 is 11.6 Å². The first kappa shape index (κ1) is 25.0. The molecule has 0 aliphatic carbocycles. The van der Waals surface area contributed by atoms with Crippen molar-refractivity contribution in [1.29, 1.82) is 0 Å². The third-order valence-corrected chi connectivity index (χ3v) is 10.7. The van der Waals surface area contributed by atoms with E-state index in [2.05, 4.69) is 6.58 Å². The lowest BCUT2D eigenvalue weighted by molar-refractivity contribution is 0.585. The zero-order valence-electron chi connectivity index (χ0n) is 19.8. The van der Waals surface area contributed by atoms with Crippen LogP contribution in [0.1, 0.15) is 12.5 Å². The highest BCUT2D eigenvalue weighted by Crippen LogP contribution is 2.38. The number of nitrogens with zero attached hydrogens (tertiary/aromatic N) is 1. The lowest BCUT2D eigenvalue weighted by Gasteiger charge is -2.26. The van der Waals surface area contributed by atoms with Crippen molar-refractivity contribution in [3.05, 3.63) is 120 Å². The van der Waals surface area contributed by atoms with Gasteiger partial charge in [-0.15, -0.1) is 0 Å². The van der Waals surface area contributed by atoms with Gasteiger partial charge in [0.1, 0.15) is 0 Å². The number of anilines is 1. The van der Waals surface area contributed by atoms with Crippen molar-refractivity contribution >= 4 is 64.5 Å². The summed E-state index contributed by atoms with van der Waals surface area (Å²) < 4.78 is 57.8. The van der Waals surface area contributed by atoms with E-state index in [1.54, 1.807) is 85.8 Å². The zero-order valence-corrected chi connectivity index (χ0v) is 22.2. The van der Waals surface area contributed by atoms with Gasteiger partial charge in [0.05, 0.1) is 20.5 Å². The standard InChI is InChI=1S/C29H22ClNO4S2/c1-20(2)24-18-17-23(19-27(24)30)31(36(32,33)28-15-7-11-21-9-3-5-13-25(21)28)37(34,35)29-16-8-12-22-10-4-6-14-26(22)29/h3-19H,1H2,2H3. The van der Waals surface area contributed by atoms with Gasteiger partial charge < -0.3 is 0 Å². The van der Waals surface area contributed by atoms with E-state index in [1.165, 1.54) is 24.3 Å². The van der Waals surface area contributed by atoms with Crippen LogP contribution < -0.4 is 3.71 Å². The Morgan fingerprint density at radius 1 is 0.676 bits per heavy atom. The predicted molar refractivity (Wildman–Crippen MR) is 151 cm³/mol. The Kier molecular flexibility index (Phi) is 6.31. The first-order valence-electron chi connectivity index (χ1n) is 11.3. The molecule has 0 heterocycles. The normalized spacial score (nSPS) is 12.1. The zero-order chi connectivity index (χ0) is 26.4. The summed E-state index contributed by atoms with van der Waals surface area (Å²) >= 11 is 6.47. The monoisotopic (exact) mass is 547 g/mol. The third kappa shape index (κ3) is 4.29. The molecule has 0 unspecified atom stereocenters. The average Bonchev–Trinajstić information content (AvgIpc) is 2.87. The molecule has 0 radical (unpaired) electrons. The van der Waals surface area contributed by atoms with Crippen LogP contribution in [0, 0.1) is 0 Å². The Morgan fingerprint density at radius 3 is 1.59 bits per heavy atom. The number of hydrogen-bond donors (Lipinski definition) is 0. The van der Waals surface area contributed by atoms with Gasteiger partial charge in [-0.25, -0.2) is 0 Å². The molecule has 37 heavy (non-hydrogen) atoms. The minimum atomic E-state index is -4.64. The van der Waals surface area contributed by atoms with Gasteiger partial charge >= 0.3 is 0 Å². The molecule has 186 valence electrons. The molecule has 0 N–H and O–H groups in total. The van der Waals surface area contributed by atoms with Crippen molar-refractivity contribution in [3.8, 4) is 0 Å². The van der Waals surface area contributed by atoms with Crippen LogP contribution in [-0.2, 0) is 20.0 Å². The molecule has 0 atom stereocenters. The van der Waals surface area contributed by atoms with Crippen LogP contribution in [0.3, 0.4) is 0 Å². The van der Waals surface area contributed by atoms with E-state index >= 15 is 0 Å². The van der Waals surface area contributed by atoms with Gasteiger partial charge in [-0.1, -0.05) is 97.0 Å². The van der Waals surface area contributed by atoms with Crippen molar-refractivity contribution < 1.29 is 16.8 Å². The van der Waals surface area contributed by atoms with Gasteiger partial charge in [-0.2, -0.15) is 20.5 Å². The van der Waals surface area contributed by atoms with E-state index < -0.39 is 20.0 Å². The first-order chi connectivity index (χ1) is 17.6. The molecule has 0 saturated heterocycles. The summed E-state index contributed by atoms with van der Waals surface area (Å²) in [6.45, 7) is 5.65. The van der Waals surface area contributed by atoms with Gasteiger partial charge in [0.2, 0.25) is 0 Å². The molecule has 8 heteroatoms. The highest BCUT2D eigenvalue weighted by molar-refractivity contribution is 8.10. The number of rotatable bonds is 6. The minimum Gasteiger partial charge on any atom is -0.200 e. The lowest BCUT2D eigenvalue weighted by atomic mass is 10.1. The quantitative estimate of drug-likeness (QED) is 0.224. The number of sulfonamides is 2. The number of hydrogen-bond acceptors (Lipinski definition) is 4. The van der Waals surface area contributed by atoms with Gasteiger partial charge in [0, 0.05) is 10.8 Å². The van der Waals surface area contributed by atoms with E-state index in [-0.39, 0.29) is 20.5 Å². The molecule has 0 bridgehead atoms. The maximum absolute atomic E-state index is 14.3. The second-order valence-electron chi connectivity index (χ2n) is 8.61. The molecule has 0 aliphatic heterocycles. The van der Waals surface area contributed by atoms with Crippen LogP contribution in [0.25, 0.3) is 27.1 Å². The molecule has 0 amide bonds. The van der Waals surface area contributed by atoms with Gasteiger partial charge in [-0.05, 0) is 53.1 Å². The van der Waals surface area contributed by atoms with Crippen molar-refractivity contribution in [3.63, 3.8) is 0 Å². The molecular formula is C29H22ClNO4S2. The van der Waals surface area contributed by atoms with Crippen LogP contribution in [0.4, 0.5) is 5.69 Å². The van der Waals surface area contributed by atoms with Crippen molar-refractivity contribution in [2.45, 2.75) is 16.7 Å². The second-order valence-corrected chi connectivity index (χ2v) is 12.8. The summed E-state index contributed by atoms with van der Waals surface area (Å²) in [5.74, 6) is 0. The summed E-state index contributed by atoms with van der Waals surface area (Å²) in [6, 6.07) is 27.8. The summed E-state index contributed by atoms with van der Waals surface area (Å²) in [4.78, 5) is -0.260. The summed E-state index contributed by atoms with van der Waals surface area (Å²) in [5, 5.41) is 2.35. The Labute approximate surface area is 221 Å². The number of halogens is 1. The Morgan fingerprint density at radius 2 is 1.14 bits per heavy atom. The first-order valence-corrected chi connectivity index (χ1v) is 14.6. The molecule has 0 fully saturated rings. The Bertz CT molecular complexity index is 1800. The van der Waals surface area contributed by atoms with Gasteiger partial charge in [0.15, 0.2) is 0 Å². The van der Waals surface area contributed by atoms with Crippen LogP contribution in [0.2, 0.25) is 5.02 Å². The molecule has 0 aliphatic rings. The number of allylic oxidation sites excluding steroid dienone is 1. The maximum Gasteiger partial charge on any atom is 0.278 e. The molecule has 5 aromatic rings. The van der Waals surface area contributed by atoms with E-state index in [9.17, 15) is 16.8 Å². The molecule has 5 nitrogen and oxygen atoms in total. The predicted octanol–water partition coefficient (Wildman–Crippen LogP) is 7.26. The highest BCUT2D eigenvalue weighted by atomic mass is 35.5. The van der Waals surface area contributed by atoms with Crippen molar-refractivity contribution in [2.24, 2.45) is 0 Å². The fourth-order valence-electron chi connectivity index (χ4n) is 4.39. The second kappa shape index (κ2) is 9.34. The fourth-order valence-corrected chi connectivity index (χ4v) is 8.81. The van der Waals surface area contributed by atoms with E-state index in [1.807, 2.05) is 0 Å². The summed E-state index contributed by atoms with van der Waals surface area (Å²) in [6.07, 6.45) is 0. The Hall–Kier alpha value is -3.65. The number of benzene rings is 5. The van der Waals surface area contributed by atoms with Gasteiger partial charge in [-0.3, -0.25) is 0 Å². The van der Waals surface area contributed by atoms with Crippen LogP contribution in [0.15, 0.2) is 119 Å². The molecule has 0 aromatic heterocycles. The minimum absolute atomic E-state index is 0.101. The SMILES string of the molecule is C=C(C)c1ccc(N(S(=O)(=O)c2cccc3ccccc23)S(=O)(=O)c2cccc3ccccc23)cc1Cl. The number of fused-ring (bicyclic) bond motifs is 2. The topological polar surface area (TPSA) is 71.5 Å². The highest BCUT2D eigenvalue weighted by Gasteiger charge is 2.39. The molecule has 0 spiro atoms. The van der Waals surface area contributed by atoms with E-state index in [0.29, 0.717) is 36.4 Å². The maximum atomic E-state index is 14.3. The molecular weight excluding hydrogens is 526 g/mol. The summed E-state index contributed by atoms with van der Waals surface area (Å²) in [5.41, 5.74) is 1.16. The van der Waals surface area contributed by atoms with Crippen molar-refractivity contribution in [2.75, 3.05) is 3.71 Å². The smallest absolute Gasteiger partial charge is 0.200 e. The van der Waals surface area contributed by atoms with E-state index in [0.717, 1.165) is 0 Å². The Balaban J connectivity index is 1.84.